The molecule has 0 N–H and O–H groups in total. The number of fused-ring (bicyclic) bond motifs is 1. The first-order chi connectivity index (χ1) is 13.5. The van der Waals surface area contributed by atoms with Crippen molar-refractivity contribution in [2.45, 2.75) is 65.7 Å². The third kappa shape index (κ3) is 7.42. The van der Waals surface area contributed by atoms with Crippen molar-refractivity contribution in [2.75, 3.05) is 0 Å². The van der Waals surface area contributed by atoms with Gasteiger partial charge in [-0.25, -0.2) is 0 Å². The van der Waals surface area contributed by atoms with Gasteiger partial charge >= 0.3 is 0 Å². The van der Waals surface area contributed by atoms with Crippen LogP contribution in [0, 0.1) is 0 Å². The van der Waals surface area contributed by atoms with Gasteiger partial charge in [0.1, 0.15) is 0 Å². The summed E-state index contributed by atoms with van der Waals surface area (Å²) in [6.45, 7) is 8.50. The van der Waals surface area contributed by atoms with Gasteiger partial charge < -0.3 is 0 Å². The van der Waals surface area contributed by atoms with Crippen LogP contribution in [0.5, 0.6) is 0 Å². The molecule has 0 amide bonds. The molecular weight excluding hydrogens is 447 g/mol. The molecule has 0 aliphatic heterocycles. The number of hydrogen-bond acceptors (Lipinski definition) is 0. The molecule has 1 aliphatic rings. The molecule has 0 bridgehead atoms. The van der Waals surface area contributed by atoms with E-state index in [0.29, 0.717) is 0 Å². The highest BCUT2D eigenvalue weighted by Crippen LogP contribution is 2.40. The molecule has 3 heteroatoms. The summed E-state index contributed by atoms with van der Waals surface area (Å²) in [5.41, 5.74) is 3.97. The first kappa shape index (κ1) is 25.7. The average Bonchev–Trinajstić information content (AvgIpc) is 3.53. The maximum absolute atomic E-state index is 6.63. The minimum absolute atomic E-state index is 0. The van der Waals surface area contributed by atoms with Gasteiger partial charge in [0, 0.05) is 9.86 Å². The molecule has 1 aliphatic carbocycles. The van der Waals surface area contributed by atoms with Crippen LogP contribution >= 0.6 is 27.5 Å². The lowest BCUT2D eigenvalue weighted by molar-refractivity contribution is 1.09. The van der Waals surface area contributed by atoms with Crippen molar-refractivity contribution in [1.29, 1.82) is 0 Å². The lowest BCUT2D eigenvalue weighted by atomic mass is 9.99. The van der Waals surface area contributed by atoms with E-state index in [-0.39, 0.29) is 4.70 Å². The Bertz CT molecular complexity index is 868. The topological polar surface area (TPSA) is 0 Å². The molecule has 0 atom stereocenters. The van der Waals surface area contributed by atoms with E-state index >= 15 is 0 Å². The number of benzene rings is 3. The fourth-order valence-electron chi connectivity index (χ4n) is 3.02. The van der Waals surface area contributed by atoms with Crippen LogP contribution in [-0.2, 0) is 6.42 Å². The van der Waals surface area contributed by atoms with Gasteiger partial charge in [-0.3, -0.25) is 4.70 Å². The van der Waals surface area contributed by atoms with E-state index in [1.807, 2.05) is 12.1 Å². The van der Waals surface area contributed by atoms with Crippen LogP contribution in [-0.4, -0.2) is 0 Å². The van der Waals surface area contributed by atoms with Crippen molar-refractivity contribution in [3.05, 3.63) is 80.8 Å². The van der Waals surface area contributed by atoms with Gasteiger partial charge in [-0.05, 0) is 53.3 Å². The van der Waals surface area contributed by atoms with Crippen LogP contribution in [0.25, 0.3) is 10.8 Å². The molecule has 1 saturated carbocycles. The Balaban J connectivity index is 0.000000540. The zero-order chi connectivity index (χ0) is 20.5. The summed E-state index contributed by atoms with van der Waals surface area (Å²) in [7, 11) is 0. The Morgan fingerprint density at radius 1 is 0.862 bits per heavy atom. The molecule has 3 aromatic rings. The highest BCUT2D eigenvalue weighted by molar-refractivity contribution is 9.10. The minimum atomic E-state index is 0. The summed E-state index contributed by atoms with van der Waals surface area (Å²) < 4.78 is 1.11. The third-order valence-corrected chi connectivity index (χ3v) is 5.53. The van der Waals surface area contributed by atoms with Crippen LogP contribution < -0.4 is 0 Å². The van der Waals surface area contributed by atoms with Crippen molar-refractivity contribution in [1.82, 2.24) is 0 Å². The fraction of sp³-hybridized carbons (Fsp3) is 0.385. The number of rotatable bonds is 3. The van der Waals surface area contributed by atoms with Gasteiger partial charge in [-0.1, -0.05) is 117 Å². The lowest BCUT2D eigenvalue weighted by Gasteiger charge is -2.10. The molecule has 0 nitrogen and oxygen atoms in total. The summed E-state index contributed by atoms with van der Waals surface area (Å²) in [6.07, 6.45) is 6.07. The van der Waals surface area contributed by atoms with Crippen LogP contribution in [0.15, 0.2) is 59.1 Å². The van der Waals surface area contributed by atoms with E-state index in [9.17, 15) is 0 Å². The minimum Gasteiger partial charge on any atom is -0.269 e. The molecule has 4 rings (SSSR count). The second-order valence-electron chi connectivity index (χ2n) is 7.48. The van der Waals surface area contributed by atoms with Gasteiger partial charge in [0.15, 0.2) is 0 Å². The normalized spacial score (nSPS) is 12.2. The Kier molecular flexibility index (Phi) is 11.5. The Hall–Kier alpha value is -1.38. The molecule has 3 aromatic carbocycles. The van der Waals surface area contributed by atoms with E-state index in [2.05, 4.69) is 86.1 Å². The van der Waals surface area contributed by atoms with E-state index in [1.54, 1.807) is 0 Å². The maximum atomic E-state index is 6.63. The highest BCUT2D eigenvalue weighted by atomic mass is 79.9. The van der Waals surface area contributed by atoms with Crippen LogP contribution in [0.1, 0.15) is 76.0 Å². The molecule has 1 fully saturated rings. The van der Waals surface area contributed by atoms with E-state index < -0.39 is 0 Å². The van der Waals surface area contributed by atoms with Gasteiger partial charge in [-0.15, -0.1) is 0 Å². The Morgan fingerprint density at radius 3 is 1.90 bits per heavy atom. The first-order valence-electron chi connectivity index (χ1n) is 10.5. The molecular formula is C26H33BrClF. The molecule has 158 valence electrons. The molecule has 0 radical (unpaired) electrons. The zero-order valence-electron chi connectivity index (χ0n) is 18.0. The zero-order valence-corrected chi connectivity index (χ0v) is 20.3. The van der Waals surface area contributed by atoms with Crippen LogP contribution in [0.2, 0.25) is 5.02 Å². The summed E-state index contributed by atoms with van der Waals surface area (Å²) in [6, 6.07) is 19.4. The Labute approximate surface area is 189 Å². The highest BCUT2D eigenvalue weighted by Gasteiger charge is 2.22. The quantitative estimate of drug-likeness (QED) is 0.350. The smallest absolute Gasteiger partial charge is 0.0520 e. The summed E-state index contributed by atoms with van der Waals surface area (Å²) in [5.74, 6) is 0.812. The lowest BCUT2D eigenvalue weighted by Crippen LogP contribution is -1.92. The van der Waals surface area contributed by atoms with E-state index in [4.69, 9.17) is 11.6 Å². The monoisotopic (exact) mass is 478 g/mol. The van der Waals surface area contributed by atoms with Crippen molar-refractivity contribution in [2.24, 2.45) is 0 Å². The van der Waals surface area contributed by atoms with E-state index in [1.165, 1.54) is 47.8 Å². The SMILES string of the molecule is CCC.CCC.Clc1c(Cc2ccc(C3CC3)cc2)cc(Br)c2ccccc12.F. The summed E-state index contributed by atoms with van der Waals surface area (Å²) >= 11 is 10.3. The second-order valence-corrected chi connectivity index (χ2v) is 8.72. The van der Waals surface area contributed by atoms with Gasteiger partial charge in [-0.2, -0.15) is 0 Å². The standard InChI is InChI=1S/C20H16BrCl.2C3H8.FH/c21-19-12-16(20(22)18-4-2-1-3-17(18)19)11-13-5-7-14(8-6-13)15-9-10-15;2*1-3-2;/h1-8,12,15H,9-11H2;2*3H2,1-2H3;1H. The summed E-state index contributed by atoms with van der Waals surface area (Å²) in [5, 5.41) is 3.15. The molecule has 0 unspecified atom stereocenters. The second kappa shape index (κ2) is 13.0. The van der Waals surface area contributed by atoms with E-state index in [0.717, 1.165) is 27.2 Å². The van der Waals surface area contributed by atoms with Crippen molar-refractivity contribution in [3.63, 3.8) is 0 Å². The number of halogens is 3. The largest absolute Gasteiger partial charge is 0.269 e. The van der Waals surface area contributed by atoms with Gasteiger partial charge in [0.05, 0.1) is 5.02 Å². The van der Waals surface area contributed by atoms with Crippen LogP contribution in [0.4, 0.5) is 4.70 Å². The van der Waals surface area contributed by atoms with Crippen LogP contribution in [0.3, 0.4) is 0 Å². The molecule has 0 heterocycles. The molecule has 29 heavy (non-hydrogen) atoms. The average molecular weight is 480 g/mol. The molecule has 0 aromatic heterocycles. The predicted molar refractivity (Wildman–Crippen MR) is 132 cm³/mol. The molecule has 0 saturated heterocycles. The van der Waals surface area contributed by atoms with Gasteiger partial charge in [0.2, 0.25) is 0 Å². The Morgan fingerprint density at radius 2 is 1.38 bits per heavy atom. The van der Waals surface area contributed by atoms with Crippen molar-refractivity contribution < 1.29 is 4.70 Å². The van der Waals surface area contributed by atoms with Gasteiger partial charge in [0.25, 0.3) is 0 Å². The third-order valence-electron chi connectivity index (χ3n) is 4.43. The van der Waals surface area contributed by atoms with Crippen molar-refractivity contribution >= 4 is 38.3 Å². The maximum Gasteiger partial charge on any atom is 0.0520 e. The first-order valence-corrected chi connectivity index (χ1v) is 11.7. The fourth-order valence-corrected chi connectivity index (χ4v) is 3.93. The molecule has 0 spiro atoms. The number of hydrogen-bond donors (Lipinski definition) is 0. The summed E-state index contributed by atoms with van der Waals surface area (Å²) in [4.78, 5) is 0. The van der Waals surface area contributed by atoms with Crippen molar-refractivity contribution in [3.8, 4) is 0 Å². The predicted octanol–water partition coefficient (Wildman–Crippen LogP) is 9.71.